The van der Waals surface area contributed by atoms with Crippen LogP contribution in [0.25, 0.3) is 0 Å². The molecule has 1 saturated carbocycles. The smallest absolute Gasteiger partial charge is 0.272 e. The lowest BCUT2D eigenvalue weighted by molar-refractivity contribution is -0.107. The van der Waals surface area contributed by atoms with Crippen LogP contribution < -0.4 is 11.2 Å². The fourth-order valence-corrected chi connectivity index (χ4v) is 3.07. The van der Waals surface area contributed by atoms with Crippen molar-refractivity contribution in [3.8, 4) is 0 Å². The molecule has 0 saturated heterocycles. The van der Waals surface area contributed by atoms with Crippen molar-refractivity contribution in [2.75, 3.05) is 7.05 Å². The van der Waals surface area contributed by atoms with E-state index in [4.69, 9.17) is 5.73 Å². The Morgan fingerprint density at radius 3 is 2.60 bits per heavy atom. The molecule has 7 heteroatoms. The number of primary amides is 1. The predicted octanol–water partition coefficient (Wildman–Crippen LogP) is -0.770. The molecule has 0 radical (unpaired) electrons. The second kappa shape index (κ2) is 3.92. The van der Waals surface area contributed by atoms with E-state index in [2.05, 4.69) is 0 Å². The van der Waals surface area contributed by atoms with Crippen LogP contribution in [-0.4, -0.2) is 39.7 Å². The van der Waals surface area contributed by atoms with Gasteiger partial charge in [0.15, 0.2) is 11.7 Å². The second-order valence-corrected chi connectivity index (χ2v) is 5.42. The van der Waals surface area contributed by atoms with Gasteiger partial charge in [0.2, 0.25) is 0 Å². The number of likely N-dealkylation sites (N-methyl/N-ethyl adjacent to an activating group) is 1. The minimum absolute atomic E-state index is 0.162. The number of fused-ring (bicyclic) bond motifs is 2. The van der Waals surface area contributed by atoms with Crippen LogP contribution in [0, 0.1) is 0 Å². The van der Waals surface area contributed by atoms with Gasteiger partial charge in [-0.1, -0.05) is 0 Å². The van der Waals surface area contributed by atoms with E-state index in [1.165, 1.54) is 18.1 Å². The van der Waals surface area contributed by atoms with Gasteiger partial charge in [0.25, 0.3) is 11.8 Å². The highest BCUT2D eigenvalue weighted by Gasteiger charge is 2.52. The first-order valence-corrected chi connectivity index (χ1v) is 6.41. The molecule has 3 N–H and O–H groups in total. The zero-order valence-corrected chi connectivity index (χ0v) is 11.0. The van der Waals surface area contributed by atoms with Gasteiger partial charge in [0, 0.05) is 19.3 Å². The number of amides is 2. The Balaban J connectivity index is 2.29. The lowest BCUT2D eigenvalue weighted by Gasteiger charge is -2.53. The van der Waals surface area contributed by atoms with Crippen LogP contribution in [0.4, 0.5) is 0 Å². The van der Waals surface area contributed by atoms with Gasteiger partial charge in [-0.2, -0.15) is 0 Å². The molecule has 2 amide bonds. The number of rotatable bonds is 1. The van der Waals surface area contributed by atoms with Crippen molar-refractivity contribution in [2.24, 2.45) is 5.73 Å². The molecule has 20 heavy (non-hydrogen) atoms. The van der Waals surface area contributed by atoms with Crippen LogP contribution in [-0.2, 0) is 5.54 Å². The number of aromatic nitrogens is 1. The summed E-state index contributed by atoms with van der Waals surface area (Å²) in [6.45, 7) is 0. The zero-order valence-electron chi connectivity index (χ0n) is 11.0. The second-order valence-electron chi connectivity index (χ2n) is 5.42. The Labute approximate surface area is 114 Å². The number of hydrogen-bond donors (Lipinski definition) is 2. The van der Waals surface area contributed by atoms with Gasteiger partial charge in [-0.25, -0.2) is 0 Å². The number of nitrogens with zero attached hydrogens (tertiary/aromatic N) is 2. The van der Waals surface area contributed by atoms with Crippen molar-refractivity contribution < 1.29 is 14.7 Å². The molecule has 1 fully saturated rings. The van der Waals surface area contributed by atoms with E-state index in [9.17, 15) is 19.5 Å². The van der Waals surface area contributed by atoms with Crippen LogP contribution in [0.2, 0.25) is 0 Å². The van der Waals surface area contributed by atoms with Crippen molar-refractivity contribution in [3.05, 3.63) is 33.7 Å². The number of hydrogen-bond acceptors (Lipinski definition) is 4. The van der Waals surface area contributed by atoms with E-state index in [0.717, 1.165) is 12.5 Å². The molecule has 0 aromatic carbocycles. The third-order valence-corrected chi connectivity index (χ3v) is 4.40. The number of pyridine rings is 1. The van der Waals surface area contributed by atoms with Crippen molar-refractivity contribution >= 4 is 11.8 Å². The lowest BCUT2D eigenvalue weighted by atomic mass is 9.73. The molecular formula is C13H15N3O4. The molecule has 7 nitrogen and oxygen atoms in total. The molecule has 0 bridgehead atoms. The zero-order chi connectivity index (χ0) is 14.7. The molecule has 1 aromatic heterocycles. The van der Waals surface area contributed by atoms with Gasteiger partial charge in [-0.15, -0.1) is 0 Å². The van der Waals surface area contributed by atoms with Gasteiger partial charge < -0.3 is 20.3 Å². The predicted molar refractivity (Wildman–Crippen MR) is 69.1 cm³/mol. The summed E-state index contributed by atoms with van der Waals surface area (Å²) >= 11 is 0. The Morgan fingerprint density at radius 1 is 1.45 bits per heavy atom. The maximum atomic E-state index is 12.2. The van der Waals surface area contributed by atoms with Gasteiger partial charge in [-0.05, 0) is 19.3 Å². The average molecular weight is 277 g/mol. The summed E-state index contributed by atoms with van der Waals surface area (Å²) in [4.78, 5) is 36.6. The van der Waals surface area contributed by atoms with Gasteiger partial charge >= 0.3 is 0 Å². The molecule has 3 rings (SSSR count). The van der Waals surface area contributed by atoms with Crippen LogP contribution in [0.3, 0.4) is 0 Å². The third-order valence-electron chi connectivity index (χ3n) is 4.40. The molecule has 1 spiro atoms. The van der Waals surface area contributed by atoms with Gasteiger partial charge in [-0.3, -0.25) is 14.4 Å². The molecular weight excluding hydrogens is 262 g/mol. The standard InChI is InChI=1S/C13H15N3O4/c1-15-11(19)8-5-9(17)7(10(14)18)6-16(8)13(12(15)20)3-2-4-13/h5-6,12,20H,2-4H2,1H3,(H2,14,18). The fraction of sp³-hybridized carbons (Fsp3) is 0.462. The Bertz CT molecular complexity index is 675. The maximum Gasteiger partial charge on any atom is 0.272 e. The highest BCUT2D eigenvalue weighted by Crippen LogP contribution is 2.46. The summed E-state index contributed by atoms with van der Waals surface area (Å²) in [5, 5.41) is 10.4. The van der Waals surface area contributed by atoms with E-state index >= 15 is 0 Å². The monoisotopic (exact) mass is 277 g/mol. The highest BCUT2D eigenvalue weighted by molar-refractivity contribution is 5.96. The molecule has 1 unspecified atom stereocenters. The van der Waals surface area contributed by atoms with Crippen molar-refractivity contribution in [1.29, 1.82) is 0 Å². The minimum Gasteiger partial charge on any atom is -0.371 e. The topological polar surface area (TPSA) is 106 Å². The largest absolute Gasteiger partial charge is 0.371 e. The van der Waals surface area contributed by atoms with Crippen molar-refractivity contribution in [2.45, 2.75) is 31.0 Å². The number of nitrogens with two attached hydrogens (primary N) is 1. The van der Waals surface area contributed by atoms with E-state index in [1.807, 2.05) is 0 Å². The molecule has 2 heterocycles. The van der Waals surface area contributed by atoms with E-state index in [-0.39, 0.29) is 11.3 Å². The third kappa shape index (κ3) is 1.41. The summed E-state index contributed by atoms with van der Waals surface area (Å²) in [5.74, 6) is -1.27. The lowest BCUT2D eigenvalue weighted by Crippen LogP contribution is -2.63. The molecule has 106 valence electrons. The summed E-state index contributed by atoms with van der Waals surface area (Å²) in [7, 11) is 1.50. The first-order valence-electron chi connectivity index (χ1n) is 6.41. The number of aliphatic hydroxyl groups is 1. The normalized spacial score (nSPS) is 23.4. The number of carbonyl (C=O) groups excluding carboxylic acids is 2. The summed E-state index contributed by atoms with van der Waals surface area (Å²) in [5.41, 5.74) is 3.98. The first kappa shape index (κ1) is 12.9. The highest BCUT2D eigenvalue weighted by atomic mass is 16.3. The molecule has 2 aliphatic rings. The van der Waals surface area contributed by atoms with Crippen LogP contribution in [0.1, 0.15) is 40.1 Å². The molecule has 1 aliphatic carbocycles. The summed E-state index contributed by atoms with van der Waals surface area (Å²) in [6, 6.07) is 1.13. The van der Waals surface area contributed by atoms with Crippen molar-refractivity contribution in [1.82, 2.24) is 9.47 Å². The maximum absolute atomic E-state index is 12.2. The van der Waals surface area contributed by atoms with Gasteiger partial charge in [0.1, 0.15) is 11.3 Å². The Kier molecular flexibility index (Phi) is 2.52. The van der Waals surface area contributed by atoms with Crippen LogP contribution in [0.15, 0.2) is 17.1 Å². The van der Waals surface area contributed by atoms with Crippen LogP contribution >= 0.6 is 0 Å². The molecule has 1 atom stereocenters. The quantitative estimate of drug-likeness (QED) is 0.703. The van der Waals surface area contributed by atoms with E-state index in [0.29, 0.717) is 12.8 Å². The van der Waals surface area contributed by atoms with Gasteiger partial charge in [0.05, 0.1) is 5.54 Å². The summed E-state index contributed by atoms with van der Waals surface area (Å²) in [6.07, 6.45) is 2.61. The van der Waals surface area contributed by atoms with Crippen molar-refractivity contribution in [3.63, 3.8) is 0 Å². The van der Waals surface area contributed by atoms with Crippen LogP contribution in [0.5, 0.6) is 0 Å². The Hall–Kier alpha value is -2.15. The summed E-state index contributed by atoms with van der Waals surface area (Å²) < 4.78 is 1.56. The molecule has 1 aromatic rings. The number of carbonyl (C=O) groups is 2. The van der Waals surface area contributed by atoms with E-state index in [1.54, 1.807) is 4.57 Å². The SMILES string of the molecule is CN1C(=O)c2cc(=O)c(C(N)=O)cn2C2(CCC2)C1O. The average Bonchev–Trinajstić information content (AvgIpc) is 2.35. The van der Waals surface area contributed by atoms with E-state index < -0.39 is 29.0 Å². The fourth-order valence-electron chi connectivity index (χ4n) is 3.07. The number of aliphatic hydroxyl groups excluding tert-OH is 1. The Morgan fingerprint density at radius 2 is 2.10 bits per heavy atom. The first-order chi connectivity index (χ1) is 9.38. The molecule has 1 aliphatic heterocycles. The minimum atomic E-state index is -0.973.